The van der Waals surface area contributed by atoms with Crippen LogP contribution in [0.3, 0.4) is 0 Å². The third kappa shape index (κ3) is 5.65. The Bertz CT molecular complexity index is 264. The number of aliphatic carboxylic acids is 1. The van der Waals surface area contributed by atoms with Crippen molar-refractivity contribution in [2.24, 2.45) is 0 Å². The van der Waals surface area contributed by atoms with E-state index in [-0.39, 0.29) is 18.6 Å². The third-order valence-electron chi connectivity index (χ3n) is 2.67. The monoisotopic (exact) mass is 244 g/mol. The van der Waals surface area contributed by atoms with Gasteiger partial charge in [-0.25, -0.2) is 4.79 Å². The zero-order valence-corrected chi connectivity index (χ0v) is 10.1. The maximum Gasteiger partial charge on any atom is 0.327 e. The van der Waals surface area contributed by atoms with E-state index in [1.807, 2.05) is 0 Å². The first-order valence-corrected chi connectivity index (χ1v) is 5.92. The summed E-state index contributed by atoms with van der Waals surface area (Å²) in [6.07, 6.45) is 3.42. The van der Waals surface area contributed by atoms with Gasteiger partial charge in [0.25, 0.3) is 0 Å². The van der Waals surface area contributed by atoms with Crippen LogP contribution in [0.15, 0.2) is 0 Å². The lowest BCUT2D eigenvalue weighted by Gasteiger charge is -2.23. The summed E-state index contributed by atoms with van der Waals surface area (Å²) in [6, 6.07) is -0.879. The van der Waals surface area contributed by atoms with E-state index in [1.54, 1.807) is 0 Å². The molecule has 2 atom stereocenters. The van der Waals surface area contributed by atoms with Crippen LogP contribution >= 0.6 is 0 Å². The minimum Gasteiger partial charge on any atom is -0.480 e. The molecule has 0 spiro atoms. The second-order valence-electron chi connectivity index (χ2n) is 4.24. The Morgan fingerprint density at radius 3 is 2.76 bits per heavy atom. The number of hydrogen-bond donors (Lipinski definition) is 3. The Kier molecular flexibility index (Phi) is 5.93. The predicted octanol–water partition coefficient (Wildman–Crippen LogP) is -0.266. The molecule has 0 aromatic heterocycles. The van der Waals surface area contributed by atoms with Gasteiger partial charge in [-0.1, -0.05) is 0 Å². The highest BCUT2D eigenvalue weighted by molar-refractivity contribution is 5.82. The summed E-state index contributed by atoms with van der Waals surface area (Å²) in [7, 11) is 0. The Balaban J connectivity index is 2.21. The zero-order chi connectivity index (χ0) is 12.7. The molecular weight excluding hydrogens is 224 g/mol. The maximum atomic E-state index is 10.8. The molecule has 0 bridgehead atoms. The molecule has 6 heteroatoms. The molecule has 1 amide bonds. The molecule has 2 unspecified atom stereocenters. The van der Waals surface area contributed by atoms with Crippen LogP contribution in [0.5, 0.6) is 0 Å². The lowest BCUT2D eigenvalue weighted by Crippen LogP contribution is -2.48. The number of carbonyl (C=O) groups is 2. The average molecular weight is 244 g/mol. The largest absolute Gasteiger partial charge is 0.480 e. The first kappa shape index (κ1) is 13.9. The fraction of sp³-hybridized carbons (Fsp3) is 0.818. The number of hydrogen-bond acceptors (Lipinski definition) is 4. The van der Waals surface area contributed by atoms with Crippen LogP contribution in [-0.2, 0) is 14.3 Å². The Hall–Kier alpha value is -1.14. The number of rotatable bonds is 6. The Morgan fingerprint density at radius 1 is 1.47 bits per heavy atom. The smallest absolute Gasteiger partial charge is 0.327 e. The van der Waals surface area contributed by atoms with E-state index in [0.29, 0.717) is 6.54 Å². The van der Waals surface area contributed by atoms with Crippen molar-refractivity contribution < 1.29 is 19.4 Å². The van der Waals surface area contributed by atoms with Crippen molar-refractivity contribution in [3.63, 3.8) is 0 Å². The van der Waals surface area contributed by atoms with Gasteiger partial charge in [-0.3, -0.25) is 4.79 Å². The van der Waals surface area contributed by atoms with Gasteiger partial charge in [-0.2, -0.15) is 0 Å². The molecule has 1 aliphatic rings. The summed E-state index contributed by atoms with van der Waals surface area (Å²) in [5.74, 6) is -1.37. The van der Waals surface area contributed by atoms with Crippen molar-refractivity contribution in [2.75, 3.05) is 19.7 Å². The van der Waals surface area contributed by atoms with Crippen LogP contribution in [0.25, 0.3) is 0 Å². The molecule has 1 aliphatic heterocycles. The number of carbonyl (C=O) groups excluding carboxylic acids is 1. The quantitative estimate of drug-likeness (QED) is 0.599. The van der Waals surface area contributed by atoms with Gasteiger partial charge in [0.2, 0.25) is 5.91 Å². The highest BCUT2D eigenvalue weighted by Crippen LogP contribution is 2.11. The van der Waals surface area contributed by atoms with Crippen molar-refractivity contribution in [3.8, 4) is 0 Å². The molecule has 6 nitrogen and oxygen atoms in total. The second-order valence-corrected chi connectivity index (χ2v) is 4.24. The SMILES string of the molecule is CC(=O)NC(CNCC1CCCCO1)C(=O)O. The summed E-state index contributed by atoms with van der Waals surface area (Å²) in [6.45, 7) is 2.93. The molecular formula is C11H20N2O4. The van der Waals surface area contributed by atoms with E-state index in [9.17, 15) is 9.59 Å². The minimum atomic E-state index is -1.03. The van der Waals surface area contributed by atoms with Gasteiger partial charge in [0.15, 0.2) is 0 Å². The van der Waals surface area contributed by atoms with Crippen molar-refractivity contribution in [3.05, 3.63) is 0 Å². The standard InChI is InChI=1S/C11H20N2O4/c1-8(14)13-10(11(15)16)7-12-6-9-4-2-3-5-17-9/h9-10,12H,2-7H2,1H3,(H,13,14)(H,15,16). The fourth-order valence-corrected chi connectivity index (χ4v) is 1.80. The topological polar surface area (TPSA) is 87.7 Å². The first-order valence-electron chi connectivity index (χ1n) is 5.92. The van der Waals surface area contributed by atoms with Gasteiger partial charge < -0.3 is 20.5 Å². The number of ether oxygens (including phenoxy) is 1. The van der Waals surface area contributed by atoms with Gasteiger partial charge >= 0.3 is 5.97 Å². The summed E-state index contributed by atoms with van der Waals surface area (Å²) in [5, 5.41) is 14.3. The summed E-state index contributed by atoms with van der Waals surface area (Å²) >= 11 is 0. The van der Waals surface area contributed by atoms with Gasteiger partial charge in [0.05, 0.1) is 6.10 Å². The van der Waals surface area contributed by atoms with Crippen molar-refractivity contribution in [1.29, 1.82) is 0 Å². The van der Waals surface area contributed by atoms with Gasteiger partial charge in [-0.15, -0.1) is 0 Å². The minimum absolute atomic E-state index is 0.163. The molecule has 0 aliphatic carbocycles. The van der Waals surface area contributed by atoms with E-state index in [1.165, 1.54) is 6.92 Å². The summed E-state index contributed by atoms with van der Waals surface area (Å²) < 4.78 is 5.50. The van der Waals surface area contributed by atoms with Crippen molar-refractivity contribution >= 4 is 11.9 Å². The lowest BCUT2D eigenvalue weighted by atomic mass is 10.1. The zero-order valence-electron chi connectivity index (χ0n) is 10.1. The molecule has 1 rings (SSSR count). The Labute approximate surface area is 101 Å². The van der Waals surface area contributed by atoms with Gasteiger partial charge in [-0.05, 0) is 19.3 Å². The van der Waals surface area contributed by atoms with Gasteiger partial charge in [0.1, 0.15) is 6.04 Å². The van der Waals surface area contributed by atoms with Crippen LogP contribution in [0.1, 0.15) is 26.2 Å². The lowest BCUT2D eigenvalue weighted by molar-refractivity contribution is -0.141. The predicted molar refractivity (Wildman–Crippen MR) is 61.7 cm³/mol. The molecule has 0 saturated carbocycles. The van der Waals surface area contributed by atoms with E-state index in [2.05, 4.69) is 10.6 Å². The van der Waals surface area contributed by atoms with E-state index in [4.69, 9.17) is 9.84 Å². The van der Waals surface area contributed by atoms with Crippen molar-refractivity contribution in [2.45, 2.75) is 38.3 Å². The molecule has 1 heterocycles. The van der Waals surface area contributed by atoms with E-state index >= 15 is 0 Å². The summed E-state index contributed by atoms with van der Waals surface area (Å²) in [5.41, 5.74) is 0. The van der Waals surface area contributed by atoms with E-state index in [0.717, 1.165) is 25.9 Å². The fourth-order valence-electron chi connectivity index (χ4n) is 1.80. The average Bonchev–Trinajstić information content (AvgIpc) is 2.28. The van der Waals surface area contributed by atoms with E-state index < -0.39 is 12.0 Å². The van der Waals surface area contributed by atoms with Crippen molar-refractivity contribution in [1.82, 2.24) is 10.6 Å². The first-order chi connectivity index (χ1) is 8.09. The molecule has 0 radical (unpaired) electrons. The highest BCUT2D eigenvalue weighted by atomic mass is 16.5. The highest BCUT2D eigenvalue weighted by Gasteiger charge is 2.19. The number of carboxylic acid groups (broad SMARTS) is 1. The molecule has 1 fully saturated rings. The molecule has 3 N–H and O–H groups in total. The molecule has 0 aromatic carbocycles. The van der Waals surface area contributed by atoms with Crippen LogP contribution in [0.4, 0.5) is 0 Å². The van der Waals surface area contributed by atoms with Gasteiger partial charge in [0, 0.05) is 26.6 Å². The number of carboxylic acids is 1. The van der Waals surface area contributed by atoms with Crippen LogP contribution in [-0.4, -0.2) is 48.8 Å². The normalized spacial score (nSPS) is 21.8. The molecule has 1 saturated heterocycles. The molecule has 17 heavy (non-hydrogen) atoms. The number of amides is 1. The summed E-state index contributed by atoms with van der Waals surface area (Å²) in [4.78, 5) is 21.6. The second kappa shape index (κ2) is 7.24. The van der Waals surface area contributed by atoms with Crippen LogP contribution in [0.2, 0.25) is 0 Å². The molecule has 98 valence electrons. The van der Waals surface area contributed by atoms with Crippen LogP contribution in [0, 0.1) is 0 Å². The Morgan fingerprint density at radius 2 is 2.24 bits per heavy atom. The molecule has 0 aromatic rings. The maximum absolute atomic E-state index is 10.8. The van der Waals surface area contributed by atoms with Crippen LogP contribution < -0.4 is 10.6 Å². The third-order valence-corrected chi connectivity index (χ3v) is 2.67. The number of nitrogens with one attached hydrogen (secondary N) is 2.